The smallest absolute Gasteiger partial charge is 0.189 e. The number of nitrogens with zero attached hydrogens (tertiary/aromatic N) is 2. The highest BCUT2D eigenvalue weighted by molar-refractivity contribution is 6.03. The van der Waals surface area contributed by atoms with Crippen LogP contribution >= 0.6 is 0 Å². The largest absolute Gasteiger partial charge is 0.382 e. The summed E-state index contributed by atoms with van der Waals surface area (Å²) in [5.41, 5.74) is 8.55. The summed E-state index contributed by atoms with van der Waals surface area (Å²) in [5, 5.41) is 0. The Balaban J connectivity index is 1.88. The molecule has 1 fully saturated rings. The van der Waals surface area contributed by atoms with Crippen molar-refractivity contribution < 1.29 is 13.6 Å². The van der Waals surface area contributed by atoms with Gasteiger partial charge in [0.05, 0.1) is 5.92 Å². The van der Waals surface area contributed by atoms with E-state index in [1.807, 2.05) is 0 Å². The lowest BCUT2D eigenvalue weighted by molar-refractivity contribution is 0.0952. The van der Waals surface area contributed by atoms with Gasteiger partial charge >= 0.3 is 0 Å². The highest BCUT2D eigenvalue weighted by Gasteiger charge is 2.45. The normalized spacial score (nSPS) is 19.6. The molecular formula is C18H15F2N3O. The summed E-state index contributed by atoms with van der Waals surface area (Å²) < 4.78 is 28.6. The van der Waals surface area contributed by atoms with Crippen LogP contribution in [-0.2, 0) is 0 Å². The molecule has 1 aliphatic rings. The molecule has 0 radical (unpaired) electrons. The number of aromatic nitrogens is 2. The Kier molecular flexibility index (Phi) is 3.16. The number of rotatable bonds is 3. The van der Waals surface area contributed by atoms with Crippen molar-refractivity contribution in [2.45, 2.75) is 19.5 Å². The number of anilines is 1. The SMILES string of the molecule is Cc1c(F)cccc1-c1ccc2nc(N)c(C(=O)C3C[C@@H]3F)n2c1. The van der Waals surface area contributed by atoms with Gasteiger partial charge in [0.1, 0.15) is 23.3 Å². The summed E-state index contributed by atoms with van der Waals surface area (Å²) >= 11 is 0. The number of ketones is 1. The van der Waals surface area contributed by atoms with Crippen LogP contribution in [0.1, 0.15) is 22.5 Å². The second-order valence-electron chi connectivity index (χ2n) is 6.13. The van der Waals surface area contributed by atoms with Gasteiger partial charge in [0, 0.05) is 6.20 Å². The van der Waals surface area contributed by atoms with Gasteiger partial charge in [-0.1, -0.05) is 12.1 Å². The molecule has 1 unspecified atom stereocenters. The fourth-order valence-electron chi connectivity index (χ4n) is 3.00. The topological polar surface area (TPSA) is 60.4 Å². The summed E-state index contributed by atoms with van der Waals surface area (Å²) in [6.45, 7) is 1.70. The van der Waals surface area contributed by atoms with Crippen molar-refractivity contribution in [3.8, 4) is 11.1 Å². The molecule has 122 valence electrons. The third-order valence-electron chi connectivity index (χ3n) is 4.51. The molecule has 2 N–H and O–H groups in total. The van der Waals surface area contributed by atoms with Crippen LogP contribution in [0.4, 0.5) is 14.6 Å². The minimum absolute atomic E-state index is 0.0900. The van der Waals surface area contributed by atoms with Crippen LogP contribution < -0.4 is 5.73 Å². The molecule has 4 nitrogen and oxygen atoms in total. The number of imidazole rings is 1. The maximum absolute atomic E-state index is 13.8. The predicted octanol–water partition coefficient (Wildman–Crippen LogP) is 3.57. The second kappa shape index (κ2) is 5.12. The van der Waals surface area contributed by atoms with Crippen LogP contribution in [0.3, 0.4) is 0 Å². The Hall–Kier alpha value is -2.76. The van der Waals surface area contributed by atoms with E-state index >= 15 is 0 Å². The number of nitrogen functional groups attached to an aromatic ring is 1. The quantitative estimate of drug-likeness (QED) is 0.748. The Labute approximate surface area is 136 Å². The average molecular weight is 327 g/mol. The summed E-state index contributed by atoms with van der Waals surface area (Å²) in [6.07, 6.45) is 0.827. The van der Waals surface area contributed by atoms with E-state index in [1.54, 1.807) is 41.8 Å². The Bertz CT molecular complexity index is 980. The molecule has 0 amide bonds. The molecule has 0 bridgehead atoms. The zero-order chi connectivity index (χ0) is 17.0. The van der Waals surface area contributed by atoms with Crippen molar-refractivity contribution in [1.82, 2.24) is 9.38 Å². The van der Waals surface area contributed by atoms with Crippen LogP contribution in [0.5, 0.6) is 0 Å². The van der Waals surface area contributed by atoms with Gasteiger partial charge < -0.3 is 5.73 Å². The van der Waals surface area contributed by atoms with Gasteiger partial charge in [-0.2, -0.15) is 0 Å². The Morgan fingerprint density at radius 2 is 2.08 bits per heavy atom. The molecule has 4 rings (SSSR count). The maximum Gasteiger partial charge on any atom is 0.189 e. The molecular weight excluding hydrogens is 312 g/mol. The van der Waals surface area contributed by atoms with E-state index < -0.39 is 12.1 Å². The van der Waals surface area contributed by atoms with E-state index in [-0.39, 0.29) is 29.5 Å². The number of carbonyl (C=O) groups is 1. The maximum atomic E-state index is 13.8. The number of hydrogen-bond donors (Lipinski definition) is 1. The molecule has 1 aromatic carbocycles. The fourth-order valence-corrected chi connectivity index (χ4v) is 3.00. The molecule has 24 heavy (non-hydrogen) atoms. The van der Waals surface area contributed by atoms with Gasteiger partial charge in [0.2, 0.25) is 0 Å². The van der Waals surface area contributed by atoms with E-state index in [0.717, 1.165) is 11.1 Å². The van der Waals surface area contributed by atoms with E-state index in [9.17, 15) is 13.6 Å². The van der Waals surface area contributed by atoms with Gasteiger partial charge in [-0.3, -0.25) is 9.20 Å². The monoisotopic (exact) mass is 327 g/mol. The van der Waals surface area contributed by atoms with Crippen LogP contribution in [-0.4, -0.2) is 21.3 Å². The standard InChI is InChI=1S/C18H15F2N3O/c1-9-11(3-2-4-13(9)19)10-5-6-15-22-18(21)16(23(15)8-10)17(24)12-7-14(12)20/h2-6,8,12,14H,7,21H2,1H3/t12?,14-/m0/s1. The van der Waals surface area contributed by atoms with Crippen molar-refractivity contribution in [3.63, 3.8) is 0 Å². The van der Waals surface area contributed by atoms with Gasteiger partial charge in [-0.05, 0) is 48.2 Å². The third kappa shape index (κ3) is 2.18. The number of fused-ring (bicyclic) bond motifs is 1. The van der Waals surface area contributed by atoms with Crippen molar-refractivity contribution in [3.05, 3.63) is 53.6 Å². The van der Waals surface area contributed by atoms with Crippen molar-refractivity contribution in [2.24, 2.45) is 5.92 Å². The van der Waals surface area contributed by atoms with E-state index in [1.165, 1.54) is 6.07 Å². The summed E-state index contributed by atoms with van der Waals surface area (Å²) in [4.78, 5) is 16.6. The molecule has 6 heteroatoms. The minimum Gasteiger partial charge on any atom is -0.382 e. The number of alkyl halides is 1. The first-order valence-electron chi connectivity index (χ1n) is 7.68. The number of Topliss-reactive ketones (excluding diaryl/α,β-unsaturated/α-hetero) is 1. The fraction of sp³-hybridized carbons (Fsp3) is 0.222. The zero-order valence-corrected chi connectivity index (χ0v) is 13.0. The molecule has 3 aromatic rings. The first kappa shape index (κ1) is 14.8. The summed E-state index contributed by atoms with van der Waals surface area (Å²) in [7, 11) is 0. The molecule has 2 heterocycles. The van der Waals surface area contributed by atoms with Crippen LogP contribution in [0.25, 0.3) is 16.8 Å². The van der Waals surface area contributed by atoms with Crippen molar-refractivity contribution in [1.29, 1.82) is 0 Å². The molecule has 0 spiro atoms. The van der Waals surface area contributed by atoms with Crippen LogP contribution in [0.15, 0.2) is 36.5 Å². The predicted molar refractivity (Wildman–Crippen MR) is 87.1 cm³/mol. The van der Waals surface area contributed by atoms with Crippen molar-refractivity contribution in [2.75, 3.05) is 5.73 Å². The van der Waals surface area contributed by atoms with Gasteiger partial charge in [-0.15, -0.1) is 0 Å². The lowest BCUT2D eigenvalue weighted by Crippen LogP contribution is -2.10. The second-order valence-corrected chi connectivity index (χ2v) is 6.13. The number of pyridine rings is 1. The number of carbonyl (C=O) groups excluding carboxylic acids is 1. The number of benzene rings is 1. The molecule has 2 aromatic heterocycles. The summed E-state index contributed by atoms with van der Waals surface area (Å²) in [5.74, 6) is -1.17. The highest BCUT2D eigenvalue weighted by atomic mass is 19.1. The van der Waals surface area contributed by atoms with Crippen LogP contribution in [0, 0.1) is 18.7 Å². The number of nitrogens with two attached hydrogens (primary N) is 1. The molecule has 0 saturated heterocycles. The van der Waals surface area contributed by atoms with Gasteiger partial charge in [-0.25, -0.2) is 13.8 Å². The van der Waals surface area contributed by atoms with Crippen LogP contribution in [0.2, 0.25) is 0 Å². The van der Waals surface area contributed by atoms with E-state index in [0.29, 0.717) is 11.2 Å². The first-order valence-corrected chi connectivity index (χ1v) is 7.68. The third-order valence-corrected chi connectivity index (χ3v) is 4.51. The van der Waals surface area contributed by atoms with Gasteiger partial charge in [0.25, 0.3) is 0 Å². The Morgan fingerprint density at radius 3 is 2.79 bits per heavy atom. The molecule has 1 saturated carbocycles. The van der Waals surface area contributed by atoms with Crippen molar-refractivity contribution >= 4 is 17.2 Å². The minimum atomic E-state index is -1.10. The van der Waals surface area contributed by atoms with E-state index in [4.69, 9.17) is 5.73 Å². The average Bonchev–Trinajstić information content (AvgIpc) is 3.19. The lowest BCUT2D eigenvalue weighted by Gasteiger charge is -2.08. The lowest BCUT2D eigenvalue weighted by atomic mass is 10.0. The molecule has 2 atom stereocenters. The van der Waals surface area contributed by atoms with Gasteiger partial charge in [0.15, 0.2) is 11.6 Å². The first-order chi connectivity index (χ1) is 11.5. The highest BCUT2D eigenvalue weighted by Crippen LogP contribution is 2.38. The van der Waals surface area contributed by atoms with E-state index in [2.05, 4.69) is 4.98 Å². The summed E-state index contributed by atoms with van der Waals surface area (Å²) in [6, 6.07) is 8.35. The molecule has 1 aliphatic carbocycles. The number of halogens is 2. The molecule has 0 aliphatic heterocycles. The Morgan fingerprint density at radius 1 is 1.33 bits per heavy atom. The number of hydrogen-bond acceptors (Lipinski definition) is 3. The zero-order valence-electron chi connectivity index (χ0n) is 13.0.